The molecule has 9 heteroatoms. The number of aromatic nitrogens is 2. The number of pyridine rings is 1. The van der Waals surface area contributed by atoms with Crippen LogP contribution in [0, 0.1) is 0 Å². The summed E-state index contributed by atoms with van der Waals surface area (Å²) in [5, 5.41) is 0. The van der Waals surface area contributed by atoms with Crippen LogP contribution in [0.1, 0.15) is 5.56 Å². The number of benzene rings is 1. The van der Waals surface area contributed by atoms with Crippen molar-refractivity contribution in [3.05, 3.63) is 58.7 Å². The quantitative estimate of drug-likeness (QED) is 0.731. The molecule has 4 rings (SSSR count). The summed E-state index contributed by atoms with van der Waals surface area (Å²) in [7, 11) is 0. The molecule has 3 heterocycles. The summed E-state index contributed by atoms with van der Waals surface area (Å²) in [6, 6.07) is 9.85. The van der Waals surface area contributed by atoms with E-state index in [0.29, 0.717) is 31.2 Å². The molecule has 142 valence electrons. The van der Waals surface area contributed by atoms with E-state index in [2.05, 4.69) is 4.98 Å². The highest BCUT2D eigenvalue weighted by Gasteiger charge is 2.33. The lowest BCUT2D eigenvalue weighted by molar-refractivity contribution is -0.923. The molecule has 1 saturated heterocycles. The first-order valence-corrected chi connectivity index (χ1v) is 8.67. The Morgan fingerprint density at radius 1 is 1.11 bits per heavy atom. The van der Waals surface area contributed by atoms with Crippen molar-refractivity contribution in [2.75, 3.05) is 31.1 Å². The Labute approximate surface area is 152 Å². The zero-order chi connectivity index (χ0) is 19.0. The van der Waals surface area contributed by atoms with Gasteiger partial charge in [-0.3, -0.25) is 4.90 Å². The average molecular weight is 380 g/mol. The van der Waals surface area contributed by atoms with Crippen LogP contribution in [-0.4, -0.2) is 30.7 Å². The van der Waals surface area contributed by atoms with Crippen LogP contribution in [-0.2, 0) is 12.8 Å². The van der Waals surface area contributed by atoms with Gasteiger partial charge >= 0.3 is 11.9 Å². The summed E-state index contributed by atoms with van der Waals surface area (Å²) in [5.41, 5.74) is 0.648. The molecule has 1 aromatic carbocycles. The van der Waals surface area contributed by atoms with Gasteiger partial charge in [0.25, 0.3) is 5.82 Å². The lowest BCUT2D eigenvalue weighted by Gasteiger charge is -2.28. The number of nitrogens with zero attached hydrogens (tertiary/aromatic N) is 2. The Bertz CT molecular complexity index is 986. The number of rotatable bonds is 3. The smallest absolute Gasteiger partial charge is 0.408 e. The molecule has 0 saturated carbocycles. The van der Waals surface area contributed by atoms with Gasteiger partial charge in [-0.25, -0.2) is 14.3 Å². The van der Waals surface area contributed by atoms with E-state index in [9.17, 15) is 18.0 Å². The van der Waals surface area contributed by atoms with Crippen molar-refractivity contribution < 1.29 is 27.5 Å². The van der Waals surface area contributed by atoms with Gasteiger partial charge < -0.3 is 9.32 Å². The molecule has 1 fully saturated rings. The van der Waals surface area contributed by atoms with Crippen molar-refractivity contribution in [1.82, 2.24) is 4.57 Å². The van der Waals surface area contributed by atoms with Crippen LogP contribution in [0.15, 0.2) is 51.8 Å². The monoisotopic (exact) mass is 380 g/mol. The molecular formula is C18H19F3N4O2+2. The van der Waals surface area contributed by atoms with E-state index in [1.807, 2.05) is 23.1 Å². The average Bonchev–Trinajstić information content (AvgIpc) is 2.97. The van der Waals surface area contributed by atoms with Crippen molar-refractivity contribution in [2.24, 2.45) is 0 Å². The second kappa shape index (κ2) is 6.73. The van der Waals surface area contributed by atoms with Gasteiger partial charge in [-0.1, -0.05) is 12.1 Å². The van der Waals surface area contributed by atoms with E-state index >= 15 is 0 Å². The van der Waals surface area contributed by atoms with Crippen LogP contribution in [0.5, 0.6) is 0 Å². The van der Waals surface area contributed by atoms with E-state index < -0.39 is 11.7 Å². The number of halogens is 3. The molecule has 1 aliphatic rings. The topological polar surface area (TPSA) is 57.0 Å². The minimum atomic E-state index is -4.35. The Kier molecular flexibility index (Phi) is 4.39. The second-order valence-corrected chi connectivity index (χ2v) is 6.62. The minimum absolute atomic E-state index is 0.373. The van der Waals surface area contributed by atoms with Crippen LogP contribution >= 0.6 is 0 Å². The largest absolute Gasteiger partial charge is 0.424 e. The lowest BCUT2D eigenvalue weighted by Crippen LogP contribution is -3.14. The number of oxazole rings is 1. The normalized spacial score (nSPS) is 16.2. The van der Waals surface area contributed by atoms with Crippen LogP contribution < -0.4 is 20.5 Å². The molecule has 0 spiro atoms. The first-order valence-electron chi connectivity index (χ1n) is 8.67. The number of aromatic amines is 1. The number of hydrogen-bond donors (Lipinski definition) is 1. The summed E-state index contributed by atoms with van der Waals surface area (Å²) in [5.74, 6) is 0.287. The number of piperazine rings is 1. The minimum Gasteiger partial charge on any atom is -0.408 e. The zero-order valence-electron chi connectivity index (χ0n) is 14.4. The van der Waals surface area contributed by atoms with Crippen molar-refractivity contribution in [3.63, 3.8) is 0 Å². The summed E-state index contributed by atoms with van der Waals surface area (Å²) >= 11 is 0. The van der Waals surface area contributed by atoms with E-state index in [0.717, 1.165) is 30.9 Å². The van der Waals surface area contributed by atoms with Crippen LogP contribution in [0.25, 0.3) is 11.1 Å². The maximum atomic E-state index is 12.7. The molecule has 0 aliphatic carbocycles. The predicted molar refractivity (Wildman–Crippen MR) is 91.4 cm³/mol. The van der Waals surface area contributed by atoms with Crippen molar-refractivity contribution in [1.29, 1.82) is 0 Å². The third-order valence-electron chi connectivity index (χ3n) is 4.89. The van der Waals surface area contributed by atoms with Gasteiger partial charge in [0.2, 0.25) is 0 Å². The molecule has 1 aliphatic heterocycles. The molecule has 3 aromatic rings. The first-order chi connectivity index (χ1) is 12.9. The molecule has 2 N–H and O–H groups in total. The van der Waals surface area contributed by atoms with Crippen molar-refractivity contribution >= 4 is 16.9 Å². The van der Waals surface area contributed by atoms with Gasteiger partial charge in [0.15, 0.2) is 12.3 Å². The maximum Gasteiger partial charge on any atom is 0.424 e. The number of quaternary nitrogens is 1. The Hall–Kier alpha value is -2.81. The maximum absolute atomic E-state index is 12.7. The van der Waals surface area contributed by atoms with Crippen LogP contribution in [0.2, 0.25) is 0 Å². The van der Waals surface area contributed by atoms with Gasteiger partial charge in [0.1, 0.15) is 32.4 Å². The highest BCUT2D eigenvalue weighted by atomic mass is 19.4. The van der Waals surface area contributed by atoms with E-state index in [1.165, 1.54) is 11.0 Å². The molecule has 0 radical (unpaired) electrons. The van der Waals surface area contributed by atoms with Crippen LogP contribution in [0.3, 0.4) is 0 Å². The SMILES string of the molecule is O=c1oc2ccccc2n1C[NH+]1CCN(c2ccc(C(F)(F)F)c[nH+]2)CC1. The zero-order valence-corrected chi connectivity index (χ0v) is 14.4. The first kappa shape index (κ1) is 17.6. The van der Waals surface area contributed by atoms with Crippen molar-refractivity contribution in [3.8, 4) is 0 Å². The number of para-hydroxylation sites is 2. The number of alkyl halides is 3. The highest BCUT2D eigenvalue weighted by molar-refractivity contribution is 5.72. The molecule has 6 nitrogen and oxygen atoms in total. The van der Waals surface area contributed by atoms with Gasteiger partial charge in [-0.15, -0.1) is 0 Å². The predicted octanol–water partition coefficient (Wildman–Crippen LogP) is 0.790. The molecule has 27 heavy (non-hydrogen) atoms. The molecule has 0 unspecified atom stereocenters. The highest BCUT2D eigenvalue weighted by Crippen LogP contribution is 2.28. The number of hydrogen-bond acceptors (Lipinski definition) is 3. The molecule has 0 amide bonds. The van der Waals surface area contributed by atoms with Crippen molar-refractivity contribution in [2.45, 2.75) is 12.8 Å². The molecule has 0 bridgehead atoms. The Balaban J connectivity index is 1.42. The summed E-state index contributed by atoms with van der Waals surface area (Å²) in [6.07, 6.45) is -3.36. The van der Waals surface area contributed by atoms with E-state index in [4.69, 9.17) is 4.42 Å². The fourth-order valence-corrected chi connectivity index (χ4v) is 3.40. The fourth-order valence-electron chi connectivity index (χ4n) is 3.40. The fraction of sp³-hybridized carbons (Fsp3) is 0.333. The van der Waals surface area contributed by atoms with Gasteiger partial charge in [-0.2, -0.15) is 13.2 Å². The molecule has 0 atom stereocenters. The second-order valence-electron chi connectivity index (χ2n) is 6.62. The lowest BCUT2D eigenvalue weighted by atomic mass is 10.2. The molecular weight excluding hydrogens is 361 g/mol. The van der Waals surface area contributed by atoms with E-state index in [-0.39, 0.29) is 5.76 Å². The van der Waals surface area contributed by atoms with Gasteiger partial charge in [0.05, 0.1) is 11.1 Å². The standard InChI is InChI=1S/C18H17F3N4O2/c19-18(20,21)13-5-6-16(22-11-13)24-9-7-23(8-10-24)12-25-14-3-1-2-4-15(14)27-17(25)26/h1-6,11H,7-10,12H2/p+2. The number of nitrogens with one attached hydrogen (secondary N) is 2. The summed E-state index contributed by atoms with van der Waals surface area (Å²) < 4.78 is 44.9. The Morgan fingerprint density at radius 3 is 2.52 bits per heavy atom. The molecule has 2 aromatic heterocycles. The summed E-state index contributed by atoms with van der Waals surface area (Å²) in [6.45, 7) is 3.39. The number of fused-ring (bicyclic) bond motifs is 1. The van der Waals surface area contributed by atoms with Crippen LogP contribution in [0.4, 0.5) is 19.0 Å². The number of H-pyrrole nitrogens is 1. The van der Waals surface area contributed by atoms with E-state index in [1.54, 1.807) is 10.6 Å². The third-order valence-corrected chi connectivity index (χ3v) is 4.89. The third kappa shape index (κ3) is 3.55. The summed E-state index contributed by atoms with van der Waals surface area (Å²) in [4.78, 5) is 18.0. The van der Waals surface area contributed by atoms with Gasteiger partial charge in [-0.05, 0) is 18.2 Å². The van der Waals surface area contributed by atoms with Gasteiger partial charge in [0, 0.05) is 6.07 Å². The number of anilines is 1. The Morgan fingerprint density at radius 2 is 1.85 bits per heavy atom.